The van der Waals surface area contributed by atoms with Gasteiger partial charge in [0.25, 0.3) is 0 Å². The van der Waals surface area contributed by atoms with Crippen molar-refractivity contribution in [1.82, 2.24) is 4.90 Å². The molecule has 0 fully saturated rings. The Kier molecular flexibility index (Phi) is 4.83. The maximum absolute atomic E-state index is 12.3. The van der Waals surface area contributed by atoms with Gasteiger partial charge in [0.1, 0.15) is 6.54 Å². The molecule has 0 atom stereocenters. The van der Waals surface area contributed by atoms with E-state index in [4.69, 9.17) is 0 Å². The Balaban J connectivity index is 4.75. The third-order valence-corrected chi connectivity index (χ3v) is 1.88. The molecule has 0 unspecified atom stereocenters. The monoisotopic (exact) mass is 239 g/mol. The molecule has 0 spiro atoms. The fourth-order valence-corrected chi connectivity index (χ4v) is 1.35. The molecule has 0 radical (unpaired) electrons. The standard InChI is InChI=1S/C11H20F3NO/c1-8(2)6-15(7-11(12,13)14)9(16)10(3,4)5/h8H,6-7H2,1-5H3. The topological polar surface area (TPSA) is 20.3 Å². The summed E-state index contributed by atoms with van der Waals surface area (Å²) in [7, 11) is 0. The van der Waals surface area contributed by atoms with Gasteiger partial charge in [-0.2, -0.15) is 13.2 Å². The number of alkyl halides is 3. The summed E-state index contributed by atoms with van der Waals surface area (Å²) in [5, 5.41) is 0. The zero-order chi connectivity index (χ0) is 13.1. The van der Waals surface area contributed by atoms with Gasteiger partial charge in [0.15, 0.2) is 0 Å². The number of carbonyl (C=O) groups excluding carboxylic acids is 1. The van der Waals surface area contributed by atoms with Gasteiger partial charge in [0, 0.05) is 12.0 Å². The Morgan fingerprint density at radius 2 is 1.62 bits per heavy atom. The first-order valence-electron chi connectivity index (χ1n) is 5.29. The molecule has 96 valence electrons. The van der Waals surface area contributed by atoms with Crippen molar-refractivity contribution in [1.29, 1.82) is 0 Å². The molecule has 1 amide bonds. The molecule has 0 aromatic carbocycles. The Bertz CT molecular complexity index is 241. The molecule has 0 saturated heterocycles. The van der Waals surface area contributed by atoms with Crippen LogP contribution >= 0.6 is 0 Å². The van der Waals surface area contributed by atoms with Crippen molar-refractivity contribution < 1.29 is 18.0 Å². The minimum absolute atomic E-state index is 0.0219. The number of hydrogen-bond acceptors (Lipinski definition) is 1. The molecule has 0 saturated carbocycles. The van der Waals surface area contributed by atoms with Crippen molar-refractivity contribution in [3.63, 3.8) is 0 Å². The molecule has 0 aliphatic rings. The second-order valence-electron chi connectivity index (χ2n) is 5.44. The van der Waals surface area contributed by atoms with Crippen LogP contribution in [0.15, 0.2) is 0 Å². The van der Waals surface area contributed by atoms with Crippen molar-refractivity contribution in [2.75, 3.05) is 13.1 Å². The number of carbonyl (C=O) groups is 1. The molecular formula is C11H20F3NO. The van der Waals surface area contributed by atoms with E-state index in [0.29, 0.717) is 0 Å². The zero-order valence-corrected chi connectivity index (χ0v) is 10.5. The molecule has 0 bridgehead atoms. The van der Waals surface area contributed by atoms with Crippen LogP contribution in [-0.4, -0.2) is 30.1 Å². The van der Waals surface area contributed by atoms with Crippen molar-refractivity contribution in [3.8, 4) is 0 Å². The smallest absolute Gasteiger partial charge is 0.333 e. The van der Waals surface area contributed by atoms with Gasteiger partial charge >= 0.3 is 6.18 Å². The normalized spacial score (nSPS) is 13.1. The maximum Gasteiger partial charge on any atom is 0.406 e. The van der Waals surface area contributed by atoms with Gasteiger partial charge in [0.2, 0.25) is 5.91 Å². The minimum atomic E-state index is -4.34. The van der Waals surface area contributed by atoms with E-state index in [2.05, 4.69) is 0 Å². The van der Waals surface area contributed by atoms with Gasteiger partial charge in [-0.05, 0) is 5.92 Å². The van der Waals surface area contributed by atoms with E-state index in [1.54, 1.807) is 34.6 Å². The number of halogens is 3. The molecule has 0 aromatic heterocycles. The van der Waals surface area contributed by atoms with Crippen LogP contribution in [0.2, 0.25) is 0 Å². The number of amides is 1. The summed E-state index contributed by atoms with van der Waals surface area (Å²) in [4.78, 5) is 12.7. The highest BCUT2D eigenvalue weighted by molar-refractivity contribution is 5.81. The Labute approximate surface area is 94.8 Å². The molecule has 0 aromatic rings. The third-order valence-electron chi connectivity index (χ3n) is 1.88. The molecule has 5 heteroatoms. The van der Waals surface area contributed by atoms with Crippen molar-refractivity contribution in [3.05, 3.63) is 0 Å². The Morgan fingerprint density at radius 3 is 1.88 bits per heavy atom. The molecule has 16 heavy (non-hydrogen) atoms. The molecule has 0 heterocycles. The first kappa shape index (κ1) is 15.3. The van der Waals surface area contributed by atoms with Gasteiger partial charge in [-0.3, -0.25) is 4.79 Å². The van der Waals surface area contributed by atoms with Crippen LogP contribution in [-0.2, 0) is 4.79 Å². The minimum Gasteiger partial charge on any atom is -0.333 e. The zero-order valence-electron chi connectivity index (χ0n) is 10.5. The van der Waals surface area contributed by atoms with Crippen LogP contribution in [0.4, 0.5) is 13.2 Å². The van der Waals surface area contributed by atoms with E-state index in [1.807, 2.05) is 0 Å². The summed E-state index contributed by atoms with van der Waals surface area (Å²) >= 11 is 0. The molecule has 0 aliphatic heterocycles. The highest BCUT2D eigenvalue weighted by atomic mass is 19.4. The number of hydrogen-bond donors (Lipinski definition) is 0. The average molecular weight is 239 g/mol. The van der Waals surface area contributed by atoms with Crippen LogP contribution < -0.4 is 0 Å². The summed E-state index contributed by atoms with van der Waals surface area (Å²) in [6, 6.07) is 0. The van der Waals surface area contributed by atoms with E-state index in [1.165, 1.54) is 0 Å². The number of nitrogens with zero attached hydrogens (tertiary/aromatic N) is 1. The molecule has 0 aliphatic carbocycles. The van der Waals surface area contributed by atoms with Crippen LogP contribution in [0.3, 0.4) is 0 Å². The van der Waals surface area contributed by atoms with E-state index >= 15 is 0 Å². The Morgan fingerprint density at radius 1 is 1.19 bits per heavy atom. The first-order chi connectivity index (χ1) is 6.93. The van der Waals surface area contributed by atoms with Crippen LogP contribution in [0, 0.1) is 11.3 Å². The molecule has 0 rings (SSSR count). The third kappa shape index (κ3) is 5.98. The Hall–Kier alpha value is -0.740. The maximum atomic E-state index is 12.3. The highest BCUT2D eigenvalue weighted by Gasteiger charge is 2.36. The van der Waals surface area contributed by atoms with Gasteiger partial charge in [-0.1, -0.05) is 34.6 Å². The lowest BCUT2D eigenvalue weighted by molar-refractivity contribution is -0.167. The summed E-state index contributed by atoms with van der Waals surface area (Å²) in [5.41, 5.74) is -0.778. The molecule has 2 nitrogen and oxygen atoms in total. The summed E-state index contributed by atoms with van der Waals surface area (Å²) in [6.45, 7) is 7.42. The summed E-state index contributed by atoms with van der Waals surface area (Å²) < 4.78 is 36.9. The number of rotatable bonds is 3. The largest absolute Gasteiger partial charge is 0.406 e. The predicted molar refractivity (Wildman–Crippen MR) is 56.9 cm³/mol. The van der Waals surface area contributed by atoms with Crippen molar-refractivity contribution in [2.45, 2.75) is 40.8 Å². The lowest BCUT2D eigenvalue weighted by Gasteiger charge is -2.31. The summed E-state index contributed by atoms with van der Waals surface area (Å²) in [5.74, 6) is -0.438. The second kappa shape index (κ2) is 5.06. The fourth-order valence-electron chi connectivity index (χ4n) is 1.35. The van der Waals surface area contributed by atoms with Crippen LogP contribution in [0.1, 0.15) is 34.6 Å². The second-order valence-corrected chi connectivity index (χ2v) is 5.44. The van der Waals surface area contributed by atoms with E-state index in [0.717, 1.165) is 4.90 Å². The molecule has 0 N–H and O–H groups in total. The van der Waals surface area contributed by atoms with E-state index in [9.17, 15) is 18.0 Å². The fraction of sp³-hybridized carbons (Fsp3) is 0.909. The van der Waals surface area contributed by atoms with Crippen LogP contribution in [0.25, 0.3) is 0 Å². The summed E-state index contributed by atoms with van der Waals surface area (Å²) in [6.07, 6.45) is -4.34. The average Bonchev–Trinajstić information content (AvgIpc) is 1.96. The molecular weight excluding hydrogens is 219 g/mol. The first-order valence-corrected chi connectivity index (χ1v) is 5.29. The van der Waals surface area contributed by atoms with Gasteiger partial charge in [-0.15, -0.1) is 0 Å². The SMILES string of the molecule is CC(C)CN(CC(F)(F)F)C(=O)C(C)(C)C. The predicted octanol–water partition coefficient (Wildman–Crippen LogP) is 3.08. The highest BCUT2D eigenvalue weighted by Crippen LogP contribution is 2.23. The van der Waals surface area contributed by atoms with Crippen LogP contribution in [0.5, 0.6) is 0 Å². The van der Waals surface area contributed by atoms with Gasteiger partial charge in [0.05, 0.1) is 0 Å². The van der Waals surface area contributed by atoms with Gasteiger partial charge in [-0.25, -0.2) is 0 Å². The van der Waals surface area contributed by atoms with E-state index < -0.39 is 24.0 Å². The lowest BCUT2D eigenvalue weighted by Crippen LogP contribution is -2.46. The quantitative estimate of drug-likeness (QED) is 0.741. The lowest BCUT2D eigenvalue weighted by atomic mass is 9.94. The van der Waals surface area contributed by atoms with Gasteiger partial charge < -0.3 is 4.90 Å². The van der Waals surface area contributed by atoms with E-state index in [-0.39, 0.29) is 12.5 Å². The van der Waals surface area contributed by atoms with Crippen molar-refractivity contribution >= 4 is 5.91 Å². The van der Waals surface area contributed by atoms with Crippen molar-refractivity contribution in [2.24, 2.45) is 11.3 Å².